The first-order valence-electron chi connectivity index (χ1n) is 9.60. The molecule has 28 heavy (non-hydrogen) atoms. The average molecular weight is 395 g/mol. The number of carbonyl (C=O) groups is 1. The molecule has 3 aromatic rings. The Bertz CT molecular complexity index is 1010. The van der Waals surface area contributed by atoms with Gasteiger partial charge in [0.05, 0.1) is 29.5 Å². The second kappa shape index (κ2) is 7.50. The molecule has 1 aromatic heterocycles. The summed E-state index contributed by atoms with van der Waals surface area (Å²) in [5.41, 5.74) is 4.30. The Morgan fingerprint density at radius 3 is 2.86 bits per heavy atom. The van der Waals surface area contributed by atoms with Gasteiger partial charge in [0.15, 0.2) is 5.13 Å². The predicted octanol–water partition coefficient (Wildman–Crippen LogP) is 2.79. The Balaban J connectivity index is 1.30. The van der Waals surface area contributed by atoms with Gasteiger partial charge in [-0.2, -0.15) is 0 Å². The normalized spacial score (nSPS) is 19.4. The van der Waals surface area contributed by atoms with E-state index in [0.717, 1.165) is 53.9 Å². The van der Waals surface area contributed by atoms with Crippen molar-refractivity contribution in [3.63, 3.8) is 0 Å². The fourth-order valence-corrected chi connectivity index (χ4v) is 4.81. The molecular formula is C21H22N4O2S. The van der Waals surface area contributed by atoms with Crippen LogP contribution in [0, 0.1) is 0 Å². The highest BCUT2D eigenvalue weighted by Crippen LogP contribution is 2.31. The van der Waals surface area contributed by atoms with Gasteiger partial charge in [0.1, 0.15) is 0 Å². The van der Waals surface area contributed by atoms with Crippen LogP contribution in [0.1, 0.15) is 11.1 Å². The van der Waals surface area contributed by atoms with Gasteiger partial charge in [-0.15, -0.1) is 0 Å². The summed E-state index contributed by atoms with van der Waals surface area (Å²) in [6.07, 6.45) is 0.714. The lowest BCUT2D eigenvalue weighted by Gasteiger charge is -2.25. The average Bonchev–Trinajstić information content (AvgIpc) is 3.17. The quantitative estimate of drug-likeness (QED) is 0.715. The smallest absolute Gasteiger partial charge is 0.241 e. The number of aromatic nitrogens is 1. The van der Waals surface area contributed by atoms with Gasteiger partial charge in [-0.05, 0) is 35.7 Å². The van der Waals surface area contributed by atoms with E-state index in [4.69, 9.17) is 9.72 Å². The van der Waals surface area contributed by atoms with Crippen molar-refractivity contribution in [1.82, 2.24) is 10.3 Å². The van der Waals surface area contributed by atoms with Crippen molar-refractivity contribution in [3.8, 4) is 0 Å². The van der Waals surface area contributed by atoms with Gasteiger partial charge in [-0.1, -0.05) is 35.6 Å². The number of benzene rings is 2. The third kappa shape index (κ3) is 3.48. The van der Waals surface area contributed by atoms with Crippen LogP contribution in [0.3, 0.4) is 0 Å². The Hall–Kier alpha value is -2.48. The summed E-state index contributed by atoms with van der Waals surface area (Å²) in [7, 11) is 0. The van der Waals surface area contributed by atoms with Crippen LogP contribution in [0.25, 0.3) is 10.2 Å². The molecule has 2 N–H and O–H groups in total. The molecule has 7 heteroatoms. The molecule has 2 aliphatic heterocycles. The molecule has 2 aromatic carbocycles. The summed E-state index contributed by atoms with van der Waals surface area (Å²) < 4.78 is 6.50. The second-order valence-corrected chi connectivity index (χ2v) is 8.18. The fraction of sp³-hybridized carbons (Fsp3) is 0.333. The van der Waals surface area contributed by atoms with Crippen LogP contribution < -0.4 is 15.5 Å². The summed E-state index contributed by atoms with van der Waals surface area (Å²) in [5.74, 6) is 0.00627. The molecule has 2 aliphatic rings. The van der Waals surface area contributed by atoms with E-state index in [1.54, 1.807) is 11.3 Å². The lowest BCUT2D eigenvalue weighted by atomic mass is 9.95. The van der Waals surface area contributed by atoms with Crippen LogP contribution >= 0.6 is 11.3 Å². The van der Waals surface area contributed by atoms with Crippen molar-refractivity contribution in [2.75, 3.05) is 36.5 Å². The summed E-state index contributed by atoms with van der Waals surface area (Å²) in [6, 6.07) is 14.0. The number of carbonyl (C=O) groups excluding carboxylic acids is 1. The largest absolute Gasteiger partial charge is 0.378 e. The first kappa shape index (κ1) is 17.6. The van der Waals surface area contributed by atoms with Crippen molar-refractivity contribution < 1.29 is 9.53 Å². The highest BCUT2D eigenvalue weighted by molar-refractivity contribution is 7.22. The monoisotopic (exact) mass is 394 g/mol. The van der Waals surface area contributed by atoms with Gasteiger partial charge in [0.2, 0.25) is 5.91 Å². The summed E-state index contributed by atoms with van der Waals surface area (Å²) in [6.45, 7) is 3.96. The number of morpholine rings is 1. The topological polar surface area (TPSA) is 66.5 Å². The molecule has 1 saturated heterocycles. The van der Waals surface area contributed by atoms with E-state index in [1.165, 1.54) is 11.1 Å². The lowest BCUT2D eigenvalue weighted by molar-refractivity contribution is -0.118. The zero-order chi connectivity index (χ0) is 18.9. The first-order valence-corrected chi connectivity index (χ1v) is 10.4. The lowest BCUT2D eigenvalue weighted by Crippen LogP contribution is -2.44. The number of amides is 1. The highest BCUT2D eigenvalue weighted by Gasteiger charge is 2.24. The molecule has 144 valence electrons. The molecule has 1 unspecified atom stereocenters. The van der Waals surface area contributed by atoms with Crippen molar-refractivity contribution >= 4 is 38.3 Å². The van der Waals surface area contributed by atoms with E-state index in [1.807, 2.05) is 30.3 Å². The van der Waals surface area contributed by atoms with E-state index < -0.39 is 0 Å². The summed E-state index contributed by atoms with van der Waals surface area (Å²) in [4.78, 5) is 19.8. The maximum atomic E-state index is 12.8. The van der Waals surface area contributed by atoms with Crippen LogP contribution in [0.2, 0.25) is 0 Å². The maximum absolute atomic E-state index is 12.8. The molecule has 0 radical (unpaired) electrons. The van der Waals surface area contributed by atoms with E-state index in [-0.39, 0.29) is 11.9 Å². The summed E-state index contributed by atoms with van der Waals surface area (Å²) in [5, 5.41) is 7.43. The molecule has 6 nitrogen and oxygen atoms in total. The van der Waals surface area contributed by atoms with Gasteiger partial charge >= 0.3 is 0 Å². The number of nitrogens with zero attached hydrogens (tertiary/aromatic N) is 2. The second-order valence-electron chi connectivity index (χ2n) is 7.17. The van der Waals surface area contributed by atoms with Gasteiger partial charge in [0, 0.05) is 25.3 Å². The standard InChI is InChI=1S/C21H22N4O2S/c26-20(18-11-14-3-1-2-4-15(14)13-22-18)23-16-5-6-17-19(12-16)28-21(24-17)25-7-9-27-10-8-25/h1-6,12,18,22H,7-11,13H2,(H,23,26). The minimum absolute atomic E-state index is 0.00627. The Labute approximate surface area is 167 Å². The number of nitrogens with one attached hydrogen (secondary N) is 2. The molecule has 0 aliphatic carbocycles. The number of rotatable bonds is 3. The van der Waals surface area contributed by atoms with Gasteiger partial charge < -0.3 is 20.3 Å². The first-order chi connectivity index (χ1) is 13.8. The van der Waals surface area contributed by atoms with Crippen LogP contribution in [-0.2, 0) is 22.5 Å². The Morgan fingerprint density at radius 2 is 2.00 bits per heavy atom. The third-order valence-corrected chi connectivity index (χ3v) is 6.40. The maximum Gasteiger partial charge on any atom is 0.241 e. The molecule has 0 spiro atoms. The van der Waals surface area contributed by atoms with E-state index >= 15 is 0 Å². The minimum atomic E-state index is -0.212. The molecular weight excluding hydrogens is 372 g/mol. The highest BCUT2D eigenvalue weighted by atomic mass is 32.1. The summed E-state index contributed by atoms with van der Waals surface area (Å²) >= 11 is 1.66. The van der Waals surface area contributed by atoms with Crippen molar-refractivity contribution in [3.05, 3.63) is 53.6 Å². The zero-order valence-electron chi connectivity index (χ0n) is 15.5. The number of ether oxygens (including phenoxy) is 1. The molecule has 0 saturated carbocycles. The number of hydrogen-bond donors (Lipinski definition) is 2. The van der Waals surface area contributed by atoms with Crippen LogP contribution in [0.4, 0.5) is 10.8 Å². The van der Waals surface area contributed by atoms with Crippen LogP contribution in [0.5, 0.6) is 0 Å². The third-order valence-electron chi connectivity index (χ3n) is 5.32. The zero-order valence-corrected chi connectivity index (χ0v) is 16.3. The Kier molecular flexibility index (Phi) is 4.72. The van der Waals surface area contributed by atoms with E-state index in [2.05, 4.69) is 27.7 Å². The molecule has 1 atom stereocenters. The number of hydrogen-bond acceptors (Lipinski definition) is 6. The van der Waals surface area contributed by atoms with Crippen molar-refractivity contribution in [1.29, 1.82) is 0 Å². The number of anilines is 2. The van der Waals surface area contributed by atoms with Gasteiger partial charge in [-0.3, -0.25) is 4.79 Å². The van der Waals surface area contributed by atoms with Crippen LogP contribution in [-0.4, -0.2) is 43.2 Å². The molecule has 3 heterocycles. The SMILES string of the molecule is O=C(Nc1ccc2nc(N3CCOCC3)sc2c1)C1Cc2ccccc2CN1. The van der Waals surface area contributed by atoms with Crippen molar-refractivity contribution in [2.24, 2.45) is 0 Å². The van der Waals surface area contributed by atoms with Crippen LogP contribution in [0.15, 0.2) is 42.5 Å². The molecule has 0 bridgehead atoms. The molecule has 5 rings (SSSR count). The fourth-order valence-electron chi connectivity index (χ4n) is 3.75. The predicted molar refractivity (Wildman–Crippen MR) is 112 cm³/mol. The molecule has 1 amide bonds. The number of fused-ring (bicyclic) bond motifs is 2. The molecule has 1 fully saturated rings. The van der Waals surface area contributed by atoms with E-state index in [0.29, 0.717) is 6.42 Å². The Morgan fingerprint density at radius 1 is 1.18 bits per heavy atom. The van der Waals surface area contributed by atoms with Gasteiger partial charge in [-0.25, -0.2) is 4.98 Å². The minimum Gasteiger partial charge on any atom is -0.378 e. The van der Waals surface area contributed by atoms with E-state index in [9.17, 15) is 4.79 Å². The van der Waals surface area contributed by atoms with Crippen molar-refractivity contribution in [2.45, 2.75) is 19.0 Å². The number of thiazole rings is 1. The van der Waals surface area contributed by atoms with Gasteiger partial charge in [0.25, 0.3) is 0 Å².